The van der Waals surface area contributed by atoms with Crippen LogP contribution in [0.2, 0.25) is 0 Å². The van der Waals surface area contributed by atoms with Gasteiger partial charge in [0.05, 0.1) is 6.42 Å². The molecule has 0 bridgehead atoms. The second-order valence-electron chi connectivity index (χ2n) is 5.18. The van der Waals surface area contributed by atoms with Gasteiger partial charge in [-0.15, -0.1) is 0 Å². The lowest BCUT2D eigenvalue weighted by Gasteiger charge is -2.16. The van der Waals surface area contributed by atoms with Crippen LogP contribution in [-0.2, 0) is 11.2 Å². The van der Waals surface area contributed by atoms with Gasteiger partial charge >= 0.3 is 0 Å². The Labute approximate surface area is 94.9 Å². The maximum Gasteiger partial charge on any atom is 0.228 e. The number of nitrogens with one attached hydrogen (secondary N) is 1. The Hall–Kier alpha value is -1.64. The van der Waals surface area contributed by atoms with E-state index in [1.165, 1.54) is 0 Å². The summed E-state index contributed by atoms with van der Waals surface area (Å²) in [5.74, 6) is 0.102. The lowest BCUT2D eigenvalue weighted by atomic mass is 9.86. The number of anilines is 1. The highest BCUT2D eigenvalue weighted by Gasteiger charge is 2.25. The third kappa shape index (κ3) is 1.85. The zero-order chi connectivity index (χ0) is 11.9. The molecule has 0 unspecified atom stereocenters. The number of carbonyl (C=O) groups is 2. The molecule has 0 fully saturated rings. The summed E-state index contributed by atoms with van der Waals surface area (Å²) in [4.78, 5) is 23.2. The lowest BCUT2D eigenvalue weighted by molar-refractivity contribution is -0.115. The SMILES string of the molecule is CC(C)(C)C(=O)c1ccc2c(c1)CC(=O)N2. The zero-order valence-corrected chi connectivity index (χ0v) is 9.76. The molecule has 0 saturated carbocycles. The minimum atomic E-state index is -0.385. The van der Waals surface area contributed by atoms with Crippen molar-refractivity contribution in [2.75, 3.05) is 5.32 Å². The van der Waals surface area contributed by atoms with Crippen LogP contribution in [0.1, 0.15) is 36.7 Å². The van der Waals surface area contributed by atoms with Crippen molar-refractivity contribution in [3.05, 3.63) is 29.3 Å². The molecular weight excluding hydrogens is 202 g/mol. The van der Waals surface area contributed by atoms with E-state index in [4.69, 9.17) is 0 Å². The van der Waals surface area contributed by atoms with Crippen LogP contribution in [0.5, 0.6) is 0 Å². The van der Waals surface area contributed by atoms with Crippen LogP contribution in [0.3, 0.4) is 0 Å². The van der Waals surface area contributed by atoms with E-state index in [0.717, 1.165) is 11.3 Å². The Morgan fingerprint density at radius 2 is 2.00 bits per heavy atom. The Bertz CT molecular complexity index is 469. The molecule has 0 aromatic heterocycles. The summed E-state index contributed by atoms with van der Waals surface area (Å²) < 4.78 is 0. The highest BCUT2D eigenvalue weighted by atomic mass is 16.1. The first-order chi connectivity index (χ1) is 7.38. The van der Waals surface area contributed by atoms with E-state index in [2.05, 4.69) is 5.32 Å². The van der Waals surface area contributed by atoms with Crippen molar-refractivity contribution in [3.8, 4) is 0 Å². The van der Waals surface area contributed by atoms with Gasteiger partial charge in [0.15, 0.2) is 5.78 Å². The molecule has 1 aromatic rings. The number of hydrogen-bond acceptors (Lipinski definition) is 2. The minimum Gasteiger partial charge on any atom is -0.326 e. The monoisotopic (exact) mass is 217 g/mol. The predicted molar refractivity (Wildman–Crippen MR) is 62.6 cm³/mol. The van der Waals surface area contributed by atoms with Crippen molar-refractivity contribution in [1.29, 1.82) is 0 Å². The molecule has 1 amide bonds. The molecular formula is C13H15NO2. The van der Waals surface area contributed by atoms with E-state index in [-0.39, 0.29) is 17.1 Å². The first-order valence-electron chi connectivity index (χ1n) is 5.35. The van der Waals surface area contributed by atoms with Crippen LogP contribution < -0.4 is 5.32 Å². The van der Waals surface area contributed by atoms with Gasteiger partial charge in [0, 0.05) is 16.7 Å². The highest BCUT2D eigenvalue weighted by Crippen LogP contribution is 2.27. The van der Waals surface area contributed by atoms with E-state index in [1.807, 2.05) is 26.8 Å². The first-order valence-corrected chi connectivity index (χ1v) is 5.35. The second kappa shape index (κ2) is 3.44. The maximum atomic E-state index is 12.0. The number of benzene rings is 1. The molecule has 1 heterocycles. The van der Waals surface area contributed by atoms with Crippen LogP contribution >= 0.6 is 0 Å². The van der Waals surface area contributed by atoms with Gasteiger partial charge in [0.2, 0.25) is 5.91 Å². The lowest BCUT2D eigenvalue weighted by Crippen LogP contribution is -2.20. The summed E-state index contributed by atoms with van der Waals surface area (Å²) in [5.41, 5.74) is 2.04. The summed E-state index contributed by atoms with van der Waals surface area (Å²) in [7, 11) is 0. The van der Waals surface area contributed by atoms with E-state index < -0.39 is 0 Å². The quantitative estimate of drug-likeness (QED) is 0.734. The molecule has 0 atom stereocenters. The number of Topliss-reactive ketones (excluding diaryl/α,β-unsaturated/α-hetero) is 1. The third-order valence-corrected chi connectivity index (χ3v) is 2.67. The average molecular weight is 217 g/mol. The zero-order valence-electron chi connectivity index (χ0n) is 9.76. The Kier molecular flexibility index (Phi) is 2.34. The van der Waals surface area contributed by atoms with Crippen LogP contribution in [0.25, 0.3) is 0 Å². The Morgan fingerprint density at radius 3 is 2.62 bits per heavy atom. The largest absolute Gasteiger partial charge is 0.326 e. The number of carbonyl (C=O) groups excluding carboxylic acids is 2. The fraction of sp³-hybridized carbons (Fsp3) is 0.385. The topological polar surface area (TPSA) is 46.2 Å². The fourth-order valence-corrected chi connectivity index (χ4v) is 1.80. The molecule has 1 aromatic carbocycles. The van der Waals surface area contributed by atoms with Crippen molar-refractivity contribution in [2.45, 2.75) is 27.2 Å². The van der Waals surface area contributed by atoms with E-state index in [1.54, 1.807) is 12.1 Å². The van der Waals surface area contributed by atoms with Gasteiger partial charge < -0.3 is 5.32 Å². The molecule has 84 valence electrons. The van der Waals surface area contributed by atoms with Gasteiger partial charge in [-0.05, 0) is 23.8 Å². The molecule has 16 heavy (non-hydrogen) atoms. The molecule has 0 spiro atoms. The predicted octanol–water partition coefficient (Wildman–Crippen LogP) is 2.41. The Morgan fingerprint density at radius 1 is 1.31 bits per heavy atom. The second-order valence-corrected chi connectivity index (χ2v) is 5.18. The van der Waals surface area contributed by atoms with Crippen molar-refractivity contribution in [2.24, 2.45) is 5.41 Å². The van der Waals surface area contributed by atoms with Gasteiger partial charge in [0.25, 0.3) is 0 Å². The van der Waals surface area contributed by atoms with E-state index in [0.29, 0.717) is 12.0 Å². The number of hydrogen-bond donors (Lipinski definition) is 1. The van der Waals surface area contributed by atoms with Crippen LogP contribution in [0.15, 0.2) is 18.2 Å². The summed E-state index contributed by atoms with van der Waals surface area (Å²) in [6, 6.07) is 5.40. The fourth-order valence-electron chi connectivity index (χ4n) is 1.80. The molecule has 0 radical (unpaired) electrons. The van der Waals surface area contributed by atoms with Crippen LogP contribution in [0, 0.1) is 5.41 Å². The summed E-state index contributed by atoms with van der Waals surface area (Å²) in [6.07, 6.45) is 0.376. The Balaban J connectivity index is 2.37. The normalized spacial score (nSPS) is 14.6. The molecule has 1 N–H and O–H groups in total. The number of rotatable bonds is 1. The molecule has 3 nitrogen and oxygen atoms in total. The first kappa shape index (κ1) is 10.9. The van der Waals surface area contributed by atoms with Crippen molar-refractivity contribution < 1.29 is 9.59 Å². The van der Waals surface area contributed by atoms with Crippen LogP contribution in [-0.4, -0.2) is 11.7 Å². The number of amides is 1. The molecule has 0 saturated heterocycles. The molecule has 0 aliphatic carbocycles. The summed E-state index contributed by atoms with van der Waals surface area (Å²) in [6.45, 7) is 5.68. The number of ketones is 1. The van der Waals surface area contributed by atoms with E-state index >= 15 is 0 Å². The highest BCUT2D eigenvalue weighted by molar-refractivity contribution is 6.03. The van der Waals surface area contributed by atoms with E-state index in [9.17, 15) is 9.59 Å². The molecule has 2 rings (SSSR count). The average Bonchev–Trinajstić information content (AvgIpc) is 2.54. The molecule has 1 aliphatic rings. The van der Waals surface area contributed by atoms with Crippen molar-refractivity contribution in [1.82, 2.24) is 0 Å². The number of fused-ring (bicyclic) bond motifs is 1. The standard InChI is InChI=1S/C13H15NO2/c1-13(2,3)12(16)8-4-5-10-9(6-8)7-11(15)14-10/h4-6H,7H2,1-3H3,(H,14,15). The van der Waals surface area contributed by atoms with Gasteiger partial charge in [0.1, 0.15) is 0 Å². The minimum absolute atomic E-state index is 0.00430. The molecule has 1 aliphatic heterocycles. The van der Waals surface area contributed by atoms with Crippen LogP contribution in [0.4, 0.5) is 5.69 Å². The molecule has 3 heteroatoms. The van der Waals surface area contributed by atoms with Gasteiger partial charge in [-0.3, -0.25) is 9.59 Å². The van der Waals surface area contributed by atoms with Gasteiger partial charge in [-0.2, -0.15) is 0 Å². The summed E-state index contributed by atoms with van der Waals surface area (Å²) >= 11 is 0. The van der Waals surface area contributed by atoms with Gasteiger partial charge in [-0.25, -0.2) is 0 Å². The third-order valence-electron chi connectivity index (χ3n) is 2.67. The van der Waals surface area contributed by atoms with Gasteiger partial charge in [-0.1, -0.05) is 20.8 Å². The smallest absolute Gasteiger partial charge is 0.228 e. The van der Waals surface area contributed by atoms with Crippen molar-refractivity contribution in [3.63, 3.8) is 0 Å². The maximum absolute atomic E-state index is 12.0. The van der Waals surface area contributed by atoms with Crippen molar-refractivity contribution >= 4 is 17.4 Å². The summed E-state index contributed by atoms with van der Waals surface area (Å²) in [5, 5.41) is 2.75.